The fourth-order valence-corrected chi connectivity index (χ4v) is 3.72. The van der Waals surface area contributed by atoms with Crippen LogP contribution in [0.1, 0.15) is 77.6 Å². The molecule has 0 aromatic carbocycles. The molecule has 2 unspecified atom stereocenters. The third kappa shape index (κ3) is 21.3. The minimum atomic E-state index is -4.18. The van der Waals surface area contributed by atoms with Crippen LogP contribution in [0.25, 0.3) is 0 Å². The first-order valence-electron chi connectivity index (χ1n) is 11.7. The number of aliphatic hydroxyl groups excluding tert-OH is 1. The molecule has 0 radical (unpaired) electrons. The maximum absolute atomic E-state index is 11.5. The van der Waals surface area contributed by atoms with Crippen molar-refractivity contribution in [2.45, 2.75) is 89.8 Å². The molecular weight excluding hydrogens is 421 g/mol. The van der Waals surface area contributed by atoms with Crippen LogP contribution < -0.4 is 5.73 Å². The Morgan fingerprint density at radius 2 is 1.58 bits per heavy atom. The topological polar surface area (TPSA) is 120 Å². The highest BCUT2D eigenvalue weighted by molar-refractivity contribution is 7.47. The fourth-order valence-electron chi connectivity index (χ4n) is 2.95. The van der Waals surface area contributed by atoms with Crippen molar-refractivity contribution >= 4 is 7.82 Å². The van der Waals surface area contributed by atoms with Crippen molar-refractivity contribution in [2.24, 2.45) is 5.73 Å². The number of methoxy groups -OCH3 is 1. The molecule has 186 valence electrons. The Balaban J connectivity index is 3.69. The summed E-state index contributed by atoms with van der Waals surface area (Å²) in [6.07, 6.45) is 16.9. The van der Waals surface area contributed by atoms with Gasteiger partial charge in [-0.1, -0.05) is 64.0 Å². The Hall–Kier alpha value is -0.310. The highest BCUT2D eigenvalue weighted by atomic mass is 31.2. The second kappa shape index (κ2) is 21.5. The Morgan fingerprint density at radius 3 is 2.23 bits per heavy atom. The first-order valence-corrected chi connectivity index (χ1v) is 13.2. The maximum Gasteiger partial charge on any atom is 0.472 e. The van der Waals surface area contributed by atoms with Gasteiger partial charge in [0, 0.05) is 13.7 Å². The average molecular weight is 468 g/mol. The second-order valence-corrected chi connectivity index (χ2v) is 9.20. The van der Waals surface area contributed by atoms with Gasteiger partial charge < -0.3 is 25.2 Å². The van der Waals surface area contributed by atoms with Crippen LogP contribution in [0.15, 0.2) is 12.2 Å². The minimum Gasteiger partial charge on any atom is -0.388 e. The molecule has 0 spiro atoms. The van der Waals surface area contributed by atoms with Crippen LogP contribution in [0.3, 0.4) is 0 Å². The highest BCUT2D eigenvalue weighted by Crippen LogP contribution is 2.42. The van der Waals surface area contributed by atoms with Crippen molar-refractivity contribution in [1.29, 1.82) is 0 Å². The molecule has 3 atom stereocenters. The summed E-state index contributed by atoms with van der Waals surface area (Å²) >= 11 is 0. The van der Waals surface area contributed by atoms with Crippen LogP contribution in [-0.2, 0) is 23.1 Å². The summed E-state index contributed by atoms with van der Waals surface area (Å²) in [7, 11) is -2.55. The summed E-state index contributed by atoms with van der Waals surface area (Å²) in [5.41, 5.74) is 5.19. The van der Waals surface area contributed by atoms with Crippen molar-refractivity contribution < 1.29 is 33.1 Å². The first kappa shape index (κ1) is 30.7. The lowest BCUT2D eigenvalue weighted by Crippen LogP contribution is -2.25. The molecule has 0 saturated heterocycles. The van der Waals surface area contributed by atoms with Gasteiger partial charge in [-0.25, -0.2) is 4.57 Å². The quantitative estimate of drug-likeness (QED) is 0.115. The number of phosphoric acid groups is 1. The third-order valence-corrected chi connectivity index (χ3v) is 5.78. The van der Waals surface area contributed by atoms with Crippen LogP contribution in [0.5, 0.6) is 0 Å². The zero-order chi connectivity index (χ0) is 23.2. The number of unbranched alkanes of at least 4 members (excludes halogenated alkanes) is 8. The van der Waals surface area contributed by atoms with E-state index in [1.807, 2.05) is 0 Å². The Labute approximate surface area is 189 Å². The molecule has 8 nitrogen and oxygen atoms in total. The van der Waals surface area contributed by atoms with Crippen molar-refractivity contribution in [2.75, 3.05) is 40.1 Å². The third-order valence-electron chi connectivity index (χ3n) is 4.80. The number of ether oxygens (including phenoxy) is 2. The van der Waals surface area contributed by atoms with E-state index in [4.69, 9.17) is 15.2 Å². The maximum atomic E-state index is 11.5. The van der Waals surface area contributed by atoms with E-state index in [1.165, 1.54) is 51.4 Å². The summed E-state index contributed by atoms with van der Waals surface area (Å²) < 4.78 is 31.6. The number of allylic oxidation sites excluding steroid dienone is 2. The molecule has 0 saturated carbocycles. The smallest absolute Gasteiger partial charge is 0.388 e. The van der Waals surface area contributed by atoms with Gasteiger partial charge in [0.15, 0.2) is 0 Å². The van der Waals surface area contributed by atoms with E-state index in [1.54, 1.807) is 7.11 Å². The van der Waals surface area contributed by atoms with Gasteiger partial charge >= 0.3 is 7.82 Å². The Bertz CT molecular complexity index is 465. The largest absolute Gasteiger partial charge is 0.472 e. The summed E-state index contributed by atoms with van der Waals surface area (Å²) in [6.45, 7) is 2.20. The van der Waals surface area contributed by atoms with Gasteiger partial charge in [-0.3, -0.25) is 9.05 Å². The van der Waals surface area contributed by atoms with E-state index < -0.39 is 13.9 Å². The lowest BCUT2D eigenvalue weighted by atomic mass is 10.1. The Kier molecular flexibility index (Phi) is 21.3. The van der Waals surface area contributed by atoms with E-state index in [0.717, 1.165) is 19.3 Å². The van der Waals surface area contributed by atoms with Gasteiger partial charge in [0.05, 0.1) is 32.5 Å². The van der Waals surface area contributed by atoms with Crippen molar-refractivity contribution in [3.8, 4) is 0 Å². The summed E-state index contributed by atoms with van der Waals surface area (Å²) in [4.78, 5) is 9.36. The van der Waals surface area contributed by atoms with E-state index in [9.17, 15) is 14.6 Å². The van der Waals surface area contributed by atoms with Crippen LogP contribution in [0, 0.1) is 0 Å². The zero-order valence-corrected chi connectivity index (χ0v) is 20.5. The number of phosphoric ester groups is 1. The van der Waals surface area contributed by atoms with Crippen LogP contribution in [0.4, 0.5) is 0 Å². The van der Waals surface area contributed by atoms with Crippen molar-refractivity contribution in [1.82, 2.24) is 0 Å². The zero-order valence-electron chi connectivity index (χ0n) is 19.6. The van der Waals surface area contributed by atoms with Gasteiger partial charge in [0.2, 0.25) is 0 Å². The number of hydrogen-bond donors (Lipinski definition) is 3. The molecule has 0 bridgehead atoms. The lowest BCUT2D eigenvalue weighted by molar-refractivity contribution is -0.0377. The molecular formula is C22H46NO7P. The first-order chi connectivity index (χ1) is 14.9. The van der Waals surface area contributed by atoms with Crippen LogP contribution >= 0.6 is 7.82 Å². The molecule has 0 aliphatic carbocycles. The lowest BCUT2D eigenvalue weighted by Gasteiger charge is -2.18. The minimum absolute atomic E-state index is 0.0228. The molecule has 4 N–H and O–H groups in total. The molecule has 0 rings (SSSR count). The molecule has 0 aliphatic rings. The predicted octanol–water partition coefficient (Wildman–Crippen LogP) is 4.34. The molecule has 0 aliphatic heterocycles. The van der Waals surface area contributed by atoms with E-state index in [2.05, 4.69) is 28.1 Å². The number of aliphatic hydroxyl groups is 1. The summed E-state index contributed by atoms with van der Waals surface area (Å²) in [5, 5.41) is 9.80. The molecule has 0 heterocycles. The fraction of sp³-hybridized carbons (Fsp3) is 0.909. The summed E-state index contributed by atoms with van der Waals surface area (Å²) in [5.74, 6) is 0. The van der Waals surface area contributed by atoms with Gasteiger partial charge in [0.1, 0.15) is 6.10 Å². The predicted molar refractivity (Wildman–Crippen MR) is 124 cm³/mol. The van der Waals surface area contributed by atoms with Crippen molar-refractivity contribution in [3.63, 3.8) is 0 Å². The van der Waals surface area contributed by atoms with Gasteiger partial charge in [-0.2, -0.15) is 0 Å². The van der Waals surface area contributed by atoms with E-state index >= 15 is 0 Å². The summed E-state index contributed by atoms with van der Waals surface area (Å²) in [6, 6.07) is 0. The van der Waals surface area contributed by atoms with Gasteiger partial charge in [-0.15, -0.1) is 0 Å². The van der Waals surface area contributed by atoms with Gasteiger partial charge in [-0.05, 0) is 25.7 Å². The molecule has 31 heavy (non-hydrogen) atoms. The number of hydrogen-bond acceptors (Lipinski definition) is 7. The van der Waals surface area contributed by atoms with Gasteiger partial charge in [0.25, 0.3) is 0 Å². The van der Waals surface area contributed by atoms with Crippen LogP contribution in [0.2, 0.25) is 0 Å². The highest BCUT2D eigenvalue weighted by Gasteiger charge is 2.22. The number of nitrogens with two attached hydrogens (primary N) is 1. The molecule has 0 aromatic rings. The average Bonchev–Trinajstić information content (AvgIpc) is 2.76. The molecule has 0 amide bonds. The van der Waals surface area contributed by atoms with E-state index in [-0.39, 0.29) is 32.5 Å². The van der Waals surface area contributed by atoms with E-state index in [0.29, 0.717) is 6.61 Å². The Morgan fingerprint density at radius 1 is 0.935 bits per heavy atom. The standard InChI is InChI=1S/C22H46NO7P/c1-3-4-5-6-7-8-9-10-11-12-13-14-15-22(27-2)20-28-18-21(24)19-30-31(25,26)29-17-16-23/h12-13,21-22,24H,3-11,14-20,23H2,1-2H3,(H,25,26)/b13-12-/t21-,22?/m1/s1. The molecule has 0 fully saturated rings. The number of rotatable bonds is 23. The monoisotopic (exact) mass is 467 g/mol. The van der Waals surface area contributed by atoms with Crippen LogP contribution in [-0.4, -0.2) is 62.3 Å². The van der Waals surface area contributed by atoms with Crippen molar-refractivity contribution in [3.05, 3.63) is 12.2 Å². The molecule has 9 heteroatoms. The SMILES string of the molecule is CCCCCCCCCC/C=C\CCC(COC[C@@H](O)COP(=O)(O)OCCN)OC. The normalized spacial score (nSPS) is 15.9. The molecule has 0 aromatic heterocycles. The second-order valence-electron chi connectivity index (χ2n) is 7.75.